The molecule has 0 amide bonds. The van der Waals surface area contributed by atoms with Gasteiger partial charge < -0.3 is 19.5 Å². The molecule has 1 aromatic rings. The standard InChI is InChI=1S/C18H24ClN2O5P/c1-5-15(19)11-17(12-20)26-27(23,25-16-9-7-6-8-10-16)21-14(4)18(22)24-13(2)3/h5-14H,1,20H2,2-4H3,(H,21,23)/b15-11+,17-12+/t14-,27?/m0/s1. The fraction of sp³-hybridized carbons (Fsp3) is 0.278. The Labute approximate surface area is 164 Å². The van der Waals surface area contributed by atoms with E-state index in [0.717, 1.165) is 6.20 Å². The molecule has 2 atom stereocenters. The first kappa shape index (κ1) is 22.8. The van der Waals surface area contributed by atoms with Crippen LogP contribution in [0, 0.1) is 0 Å². The van der Waals surface area contributed by atoms with E-state index in [1.165, 1.54) is 19.1 Å². The molecule has 1 aromatic carbocycles. The van der Waals surface area contributed by atoms with Gasteiger partial charge in [-0.15, -0.1) is 0 Å². The van der Waals surface area contributed by atoms with E-state index in [4.69, 9.17) is 31.1 Å². The summed E-state index contributed by atoms with van der Waals surface area (Å²) in [4.78, 5) is 12.1. The monoisotopic (exact) mass is 414 g/mol. The third-order valence-electron chi connectivity index (χ3n) is 2.89. The molecule has 9 heteroatoms. The molecule has 0 spiro atoms. The highest BCUT2D eigenvalue weighted by Crippen LogP contribution is 2.47. The van der Waals surface area contributed by atoms with E-state index in [-0.39, 0.29) is 22.6 Å². The molecule has 0 fully saturated rings. The van der Waals surface area contributed by atoms with Crippen molar-refractivity contribution in [3.63, 3.8) is 0 Å². The molecule has 0 bridgehead atoms. The van der Waals surface area contributed by atoms with Crippen LogP contribution in [-0.2, 0) is 18.6 Å². The third-order valence-corrected chi connectivity index (χ3v) is 4.76. The highest BCUT2D eigenvalue weighted by atomic mass is 35.5. The molecule has 148 valence electrons. The van der Waals surface area contributed by atoms with Crippen LogP contribution in [0.3, 0.4) is 0 Å². The summed E-state index contributed by atoms with van der Waals surface area (Å²) in [5, 5.41) is 2.76. The summed E-state index contributed by atoms with van der Waals surface area (Å²) in [6.07, 6.45) is 3.40. The van der Waals surface area contributed by atoms with Crippen molar-refractivity contribution in [2.24, 2.45) is 5.73 Å². The van der Waals surface area contributed by atoms with E-state index in [0.29, 0.717) is 0 Å². The van der Waals surface area contributed by atoms with Crippen molar-refractivity contribution in [1.82, 2.24) is 5.09 Å². The molecule has 3 N–H and O–H groups in total. The first-order valence-electron chi connectivity index (χ1n) is 8.13. The Balaban J connectivity index is 3.10. The summed E-state index contributed by atoms with van der Waals surface area (Å²) in [7, 11) is -4.07. The Hall–Kier alpha value is -2.21. The SMILES string of the molecule is C=C/C(Cl)=C\C(=C/N)OP(=O)(N[C@@H](C)C(=O)OC(C)C)Oc1ccccc1. The fourth-order valence-corrected chi connectivity index (χ4v) is 3.37. The molecule has 27 heavy (non-hydrogen) atoms. The lowest BCUT2D eigenvalue weighted by Crippen LogP contribution is -2.36. The molecule has 0 aliphatic rings. The van der Waals surface area contributed by atoms with Gasteiger partial charge in [0.25, 0.3) is 0 Å². The number of hydrogen-bond donors (Lipinski definition) is 2. The third kappa shape index (κ3) is 8.35. The smallest absolute Gasteiger partial charge is 0.462 e. The van der Waals surface area contributed by atoms with E-state index in [9.17, 15) is 9.36 Å². The molecule has 0 aliphatic carbocycles. The van der Waals surface area contributed by atoms with Crippen LogP contribution in [0.5, 0.6) is 5.75 Å². The lowest BCUT2D eigenvalue weighted by atomic mass is 10.3. The fourth-order valence-electron chi connectivity index (χ4n) is 1.75. The minimum atomic E-state index is -4.07. The van der Waals surface area contributed by atoms with E-state index >= 15 is 0 Å². The number of allylic oxidation sites excluding steroid dienone is 3. The maximum absolute atomic E-state index is 13.3. The van der Waals surface area contributed by atoms with Crippen LogP contribution in [0.25, 0.3) is 0 Å². The van der Waals surface area contributed by atoms with Gasteiger partial charge >= 0.3 is 13.7 Å². The molecule has 0 saturated carbocycles. The van der Waals surface area contributed by atoms with Crippen molar-refractivity contribution in [2.75, 3.05) is 0 Å². The predicted octanol–water partition coefficient (Wildman–Crippen LogP) is 4.23. The second kappa shape index (κ2) is 10.8. The Morgan fingerprint density at radius 2 is 1.93 bits per heavy atom. The van der Waals surface area contributed by atoms with Gasteiger partial charge in [0.2, 0.25) is 0 Å². The average molecular weight is 415 g/mol. The highest BCUT2D eigenvalue weighted by molar-refractivity contribution is 7.52. The van der Waals surface area contributed by atoms with E-state index in [2.05, 4.69) is 11.7 Å². The Kier molecular flexibility index (Phi) is 9.15. The molecule has 0 radical (unpaired) electrons. The van der Waals surface area contributed by atoms with Crippen LogP contribution in [-0.4, -0.2) is 18.1 Å². The van der Waals surface area contributed by atoms with Gasteiger partial charge in [-0.05, 0) is 32.9 Å². The lowest BCUT2D eigenvalue weighted by molar-refractivity contribution is -0.149. The van der Waals surface area contributed by atoms with Gasteiger partial charge in [0.05, 0.1) is 6.10 Å². The van der Waals surface area contributed by atoms with Crippen molar-refractivity contribution in [3.05, 3.63) is 66.1 Å². The van der Waals surface area contributed by atoms with Crippen LogP contribution in [0.2, 0.25) is 0 Å². The Bertz CT molecular complexity index is 749. The molecule has 1 unspecified atom stereocenters. The Morgan fingerprint density at radius 1 is 1.30 bits per heavy atom. The first-order valence-corrected chi connectivity index (χ1v) is 10.0. The number of para-hydroxylation sites is 1. The van der Waals surface area contributed by atoms with Crippen LogP contribution in [0.15, 0.2) is 66.1 Å². The van der Waals surface area contributed by atoms with Crippen molar-refractivity contribution in [3.8, 4) is 5.75 Å². The molecule has 0 aromatic heterocycles. The largest absolute Gasteiger partial charge is 0.513 e. The van der Waals surface area contributed by atoms with Gasteiger partial charge in [0, 0.05) is 17.3 Å². The zero-order valence-electron chi connectivity index (χ0n) is 15.4. The second-order valence-corrected chi connectivity index (χ2v) is 7.69. The van der Waals surface area contributed by atoms with E-state index in [1.54, 1.807) is 44.2 Å². The number of hydrogen-bond acceptors (Lipinski definition) is 6. The minimum absolute atomic E-state index is 0.0314. The molecule has 0 saturated heterocycles. The summed E-state index contributed by atoms with van der Waals surface area (Å²) in [5.74, 6) is -0.368. The number of esters is 1. The molecular weight excluding hydrogens is 391 g/mol. The van der Waals surface area contributed by atoms with Gasteiger partial charge in [0.1, 0.15) is 17.6 Å². The van der Waals surface area contributed by atoms with Crippen LogP contribution >= 0.6 is 19.3 Å². The van der Waals surface area contributed by atoms with E-state index < -0.39 is 19.8 Å². The lowest BCUT2D eigenvalue weighted by Gasteiger charge is -2.23. The van der Waals surface area contributed by atoms with Crippen molar-refractivity contribution in [2.45, 2.75) is 32.9 Å². The normalized spacial score (nSPS) is 15.6. The number of ether oxygens (including phenoxy) is 1. The predicted molar refractivity (Wildman–Crippen MR) is 106 cm³/mol. The second-order valence-electron chi connectivity index (χ2n) is 5.63. The average Bonchev–Trinajstić information content (AvgIpc) is 2.60. The summed E-state index contributed by atoms with van der Waals surface area (Å²) >= 11 is 5.88. The summed E-state index contributed by atoms with van der Waals surface area (Å²) in [6, 6.07) is 7.38. The molecule has 0 aliphatic heterocycles. The molecule has 0 heterocycles. The van der Waals surface area contributed by atoms with Crippen molar-refractivity contribution >= 4 is 25.3 Å². The number of halogens is 1. The molecular formula is C18H24ClN2O5P. The number of rotatable bonds is 10. The van der Waals surface area contributed by atoms with Gasteiger partial charge in [-0.2, -0.15) is 5.09 Å². The van der Waals surface area contributed by atoms with Crippen LogP contribution in [0.4, 0.5) is 0 Å². The van der Waals surface area contributed by atoms with Gasteiger partial charge in [-0.25, -0.2) is 4.57 Å². The highest BCUT2D eigenvalue weighted by Gasteiger charge is 2.34. The number of carbonyl (C=O) groups is 1. The van der Waals surface area contributed by atoms with Gasteiger partial charge in [-0.3, -0.25) is 4.79 Å². The topological polar surface area (TPSA) is 99.9 Å². The first-order chi connectivity index (χ1) is 12.7. The van der Waals surface area contributed by atoms with Crippen molar-refractivity contribution < 1.29 is 23.1 Å². The Morgan fingerprint density at radius 3 is 2.44 bits per heavy atom. The maximum atomic E-state index is 13.3. The summed E-state index contributed by atoms with van der Waals surface area (Å²) in [5.41, 5.74) is 5.51. The summed E-state index contributed by atoms with van der Waals surface area (Å²) in [6.45, 7) is 8.40. The van der Waals surface area contributed by atoms with E-state index in [1.807, 2.05) is 0 Å². The number of nitrogens with two attached hydrogens (primary N) is 1. The zero-order valence-corrected chi connectivity index (χ0v) is 17.1. The number of carbonyl (C=O) groups excluding carboxylic acids is 1. The minimum Gasteiger partial charge on any atom is -0.462 e. The van der Waals surface area contributed by atoms with Crippen LogP contribution in [0.1, 0.15) is 20.8 Å². The summed E-state index contributed by atoms with van der Waals surface area (Å²) < 4.78 is 29.3. The quantitative estimate of drug-likeness (QED) is 0.256. The van der Waals surface area contributed by atoms with Crippen molar-refractivity contribution in [1.29, 1.82) is 0 Å². The van der Waals surface area contributed by atoms with Crippen LogP contribution < -0.4 is 15.3 Å². The van der Waals surface area contributed by atoms with Gasteiger partial charge in [-0.1, -0.05) is 42.5 Å². The number of benzene rings is 1. The van der Waals surface area contributed by atoms with Gasteiger partial charge in [0.15, 0.2) is 0 Å². The number of nitrogens with one attached hydrogen (secondary N) is 1. The molecule has 7 nitrogen and oxygen atoms in total. The maximum Gasteiger partial charge on any atom is 0.513 e. The molecule has 1 rings (SSSR count). The zero-order chi connectivity index (χ0) is 20.4.